The lowest BCUT2D eigenvalue weighted by Crippen LogP contribution is -2.15. The van der Waals surface area contributed by atoms with Crippen LogP contribution < -0.4 is 14.8 Å². The van der Waals surface area contributed by atoms with Crippen molar-refractivity contribution in [2.45, 2.75) is 12.2 Å². The Morgan fingerprint density at radius 2 is 1.86 bits per heavy atom. The number of benzene rings is 2. The number of thioether (sulfide) groups is 1. The van der Waals surface area contributed by atoms with Gasteiger partial charge in [-0.2, -0.15) is 5.10 Å². The summed E-state index contributed by atoms with van der Waals surface area (Å²) in [7, 11) is 3.29. The highest BCUT2D eigenvalue weighted by atomic mass is 32.2. The minimum absolute atomic E-state index is 0.0175. The predicted octanol–water partition coefficient (Wildman–Crippen LogP) is 3.97. The van der Waals surface area contributed by atoms with Crippen LogP contribution in [0.3, 0.4) is 0 Å². The fraction of sp³-hybridized carbons (Fsp3) is 0.238. The number of nitrogens with zero attached hydrogens (tertiary/aromatic N) is 2. The maximum Gasteiger partial charge on any atom is 0.235 e. The zero-order valence-corrected chi connectivity index (χ0v) is 16.7. The molecule has 1 N–H and O–H groups in total. The molecule has 1 amide bonds. The van der Waals surface area contributed by atoms with Crippen LogP contribution >= 0.6 is 11.8 Å². The summed E-state index contributed by atoms with van der Waals surface area (Å²) in [6.07, 6.45) is 0. The number of amides is 1. The average Bonchev–Trinajstić information content (AvgIpc) is 2.93. The smallest absolute Gasteiger partial charge is 0.235 e. The summed E-state index contributed by atoms with van der Waals surface area (Å²) in [4.78, 5) is 12.4. The van der Waals surface area contributed by atoms with Crippen LogP contribution in [0.4, 0.5) is 5.82 Å². The summed E-state index contributed by atoms with van der Waals surface area (Å²) in [6, 6.07) is 15.6. The zero-order chi connectivity index (χ0) is 19.7. The molecule has 0 radical (unpaired) electrons. The molecule has 1 aliphatic heterocycles. The van der Waals surface area contributed by atoms with Gasteiger partial charge in [0.2, 0.25) is 5.91 Å². The normalized spacial score (nSPS) is 16.1. The molecule has 4 rings (SSSR count). The molecule has 0 saturated carbocycles. The number of ether oxygens (including phenoxy) is 2. The number of anilines is 1. The van der Waals surface area contributed by atoms with Crippen molar-refractivity contribution in [3.63, 3.8) is 0 Å². The molecule has 2 aromatic carbocycles. The van der Waals surface area contributed by atoms with E-state index in [0.717, 1.165) is 34.0 Å². The Kier molecular flexibility index (Phi) is 5.00. The third-order valence-corrected chi connectivity index (χ3v) is 5.99. The van der Waals surface area contributed by atoms with Crippen LogP contribution in [0.5, 0.6) is 11.5 Å². The van der Waals surface area contributed by atoms with Crippen molar-refractivity contribution in [1.29, 1.82) is 0 Å². The number of aryl methyl sites for hydroxylation is 1. The second kappa shape index (κ2) is 7.59. The average molecular weight is 395 g/mol. The van der Waals surface area contributed by atoms with E-state index in [0.29, 0.717) is 11.6 Å². The topological polar surface area (TPSA) is 65.4 Å². The first-order valence-electron chi connectivity index (χ1n) is 8.90. The fourth-order valence-corrected chi connectivity index (χ4v) is 4.54. The summed E-state index contributed by atoms with van der Waals surface area (Å²) in [5.74, 6) is 2.62. The third kappa shape index (κ3) is 3.33. The molecular weight excluding hydrogens is 374 g/mol. The number of rotatable bonds is 4. The molecule has 0 spiro atoms. The summed E-state index contributed by atoms with van der Waals surface area (Å²) < 4.78 is 12.4. The molecule has 28 heavy (non-hydrogen) atoms. The molecule has 7 heteroatoms. The highest BCUT2D eigenvalue weighted by molar-refractivity contribution is 8.00. The molecule has 1 atom stereocenters. The Labute approximate surface area is 167 Å². The summed E-state index contributed by atoms with van der Waals surface area (Å²) in [6.45, 7) is 1.98. The Hall–Kier alpha value is -2.93. The van der Waals surface area contributed by atoms with Crippen LogP contribution in [0.2, 0.25) is 0 Å². The molecule has 0 bridgehead atoms. The van der Waals surface area contributed by atoms with Crippen LogP contribution in [0, 0.1) is 6.92 Å². The van der Waals surface area contributed by atoms with E-state index < -0.39 is 0 Å². The lowest BCUT2D eigenvalue weighted by Gasteiger charge is -2.16. The lowest BCUT2D eigenvalue weighted by atomic mass is 10.0. The van der Waals surface area contributed by atoms with Crippen molar-refractivity contribution in [1.82, 2.24) is 9.78 Å². The molecule has 6 nitrogen and oxygen atoms in total. The van der Waals surface area contributed by atoms with Crippen LogP contribution in [-0.4, -0.2) is 35.7 Å². The summed E-state index contributed by atoms with van der Waals surface area (Å²) >= 11 is 1.59. The lowest BCUT2D eigenvalue weighted by molar-refractivity contribution is -0.113. The molecular formula is C21H21N3O3S. The molecule has 2 heterocycles. The van der Waals surface area contributed by atoms with E-state index in [2.05, 4.69) is 11.4 Å². The number of carbonyl (C=O) groups excluding carboxylic acids is 1. The van der Waals surface area contributed by atoms with Crippen molar-refractivity contribution < 1.29 is 14.3 Å². The molecule has 3 aromatic rings. The van der Waals surface area contributed by atoms with Gasteiger partial charge in [0, 0.05) is 5.56 Å². The van der Waals surface area contributed by atoms with Crippen molar-refractivity contribution in [3.8, 4) is 17.2 Å². The van der Waals surface area contributed by atoms with Crippen molar-refractivity contribution in [2.75, 3.05) is 25.3 Å². The van der Waals surface area contributed by atoms with E-state index in [9.17, 15) is 4.79 Å². The van der Waals surface area contributed by atoms with Crippen LogP contribution in [0.15, 0.2) is 48.5 Å². The molecule has 0 unspecified atom stereocenters. The van der Waals surface area contributed by atoms with Crippen molar-refractivity contribution >= 4 is 23.5 Å². The van der Waals surface area contributed by atoms with Crippen molar-refractivity contribution in [3.05, 3.63) is 65.4 Å². The minimum atomic E-state index is -0.0358. The number of fused-ring (bicyclic) bond motifs is 1. The first kappa shape index (κ1) is 18.4. The van der Waals surface area contributed by atoms with Gasteiger partial charge in [0.15, 0.2) is 0 Å². The van der Waals surface area contributed by atoms with E-state index in [1.165, 1.54) is 0 Å². The van der Waals surface area contributed by atoms with Crippen LogP contribution in [-0.2, 0) is 4.79 Å². The quantitative estimate of drug-likeness (QED) is 0.724. The second-order valence-electron chi connectivity index (χ2n) is 6.47. The fourth-order valence-electron chi connectivity index (χ4n) is 3.36. The number of hydrogen-bond acceptors (Lipinski definition) is 5. The van der Waals surface area contributed by atoms with E-state index in [-0.39, 0.29) is 11.2 Å². The summed E-state index contributed by atoms with van der Waals surface area (Å²) in [5.41, 5.74) is 3.84. The number of aromatic nitrogens is 2. The van der Waals surface area contributed by atoms with E-state index in [4.69, 9.17) is 14.6 Å². The number of nitrogens with one attached hydrogen (secondary N) is 1. The SMILES string of the molecule is COc1ccc(-n2nc(C)c3c2NC(=O)CS[C@H]3c2cccc(OC)c2)cc1. The minimum Gasteiger partial charge on any atom is -0.497 e. The monoisotopic (exact) mass is 395 g/mol. The molecule has 0 saturated heterocycles. The van der Waals surface area contributed by atoms with Crippen molar-refractivity contribution in [2.24, 2.45) is 0 Å². The maximum atomic E-state index is 12.4. The predicted molar refractivity (Wildman–Crippen MR) is 111 cm³/mol. The van der Waals surface area contributed by atoms with Crippen LogP contribution in [0.25, 0.3) is 5.69 Å². The van der Waals surface area contributed by atoms with Gasteiger partial charge >= 0.3 is 0 Å². The third-order valence-electron chi connectivity index (χ3n) is 4.72. The van der Waals surface area contributed by atoms with Gasteiger partial charge in [0.05, 0.1) is 36.6 Å². The molecule has 0 aliphatic carbocycles. The Bertz CT molecular complexity index is 1010. The largest absolute Gasteiger partial charge is 0.497 e. The van der Waals surface area contributed by atoms with Gasteiger partial charge < -0.3 is 14.8 Å². The van der Waals surface area contributed by atoms with Crippen LogP contribution in [0.1, 0.15) is 22.1 Å². The van der Waals surface area contributed by atoms with Gasteiger partial charge in [0.25, 0.3) is 0 Å². The molecule has 1 aliphatic rings. The number of hydrogen-bond donors (Lipinski definition) is 1. The van der Waals surface area contributed by atoms with Gasteiger partial charge in [0.1, 0.15) is 17.3 Å². The van der Waals surface area contributed by atoms with E-state index in [1.54, 1.807) is 30.7 Å². The first-order valence-corrected chi connectivity index (χ1v) is 9.95. The Balaban J connectivity index is 1.84. The molecule has 0 fully saturated rings. The van der Waals surface area contributed by atoms with Gasteiger partial charge in [-0.05, 0) is 48.9 Å². The molecule has 1 aromatic heterocycles. The Morgan fingerprint density at radius 3 is 2.57 bits per heavy atom. The summed E-state index contributed by atoms with van der Waals surface area (Å²) in [5, 5.41) is 7.76. The highest BCUT2D eigenvalue weighted by Crippen LogP contribution is 2.44. The Morgan fingerprint density at radius 1 is 1.11 bits per heavy atom. The second-order valence-corrected chi connectivity index (χ2v) is 7.57. The highest BCUT2D eigenvalue weighted by Gasteiger charge is 2.30. The van der Waals surface area contributed by atoms with Gasteiger partial charge in [-0.25, -0.2) is 4.68 Å². The van der Waals surface area contributed by atoms with Gasteiger partial charge in [-0.1, -0.05) is 12.1 Å². The standard InChI is InChI=1S/C21H21N3O3S/c1-13-19-20(14-5-4-6-17(11-14)27-3)28-12-18(25)22-21(19)24(23-13)15-7-9-16(26-2)10-8-15/h4-11,20H,12H2,1-3H3,(H,22,25)/t20-/m0/s1. The number of carbonyl (C=O) groups is 1. The van der Waals surface area contributed by atoms with Gasteiger partial charge in [-0.15, -0.1) is 11.8 Å². The number of methoxy groups -OCH3 is 2. The van der Waals surface area contributed by atoms with E-state index >= 15 is 0 Å². The van der Waals surface area contributed by atoms with E-state index in [1.807, 2.05) is 49.4 Å². The first-order chi connectivity index (χ1) is 13.6. The van der Waals surface area contributed by atoms with Gasteiger partial charge in [-0.3, -0.25) is 4.79 Å². The zero-order valence-electron chi connectivity index (χ0n) is 15.9. The molecule has 144 valence electrons. The maximum absolute atomic E-state index is 12.4.